The molecule has 1 atom stereocenters. The lowest BCUT2D eigenvalue weighted by Gasteiger charge is -1.96. The van der Waals surface area contributed by atoms with Crippen LogP contribution in [0.1, 0.15) is 13.3 Å². The minimum atomic E-state index is -0.227. The second-order valence-corrected chi connectivity index (χ2v) is 1.60. The summed E-state index contributed by atoms with van der Waals surface area (Å²) in [5.74, 6) is -0.160. The standard InChI is InChI=1S/C5H6N2O/c1-2-4-5(8)7-3-6-4/h4H,2H2,1H3. The number of aliphatic imine (C=N–C) groups is 1. The first kappa shape index (κ1) is 5.28. The van der Waals surface area contributed by atoms with Gasteiger partial charge in [-0.15, -0.1) is 0 Å². The monoisotopic (exact) mass is 110 g/mol. The van der Waals surface area contributed by atoms with Gasteiger partial charge in [0.25, 0.3) is 5.91 Å². The molecule has 1 amide bonds. The summed E-state index contributed by atoms with van der Waals surface area (Å²) >= 11 is 0. The highest BCUT2D eigenvalue weighted by atomic mass is 16.2. The quantitative estimate of drug-likeness (QED) is 0.461. The summed E-state index contributed by atoms with van der Waals surface area (Å²) in [5.41, 5.74) is 0. The van der Waals surface area contributed by atoms with Crippen molar-refractivity contribution in [3.63, 3.8) is 0 Å². The molecule has 1 rings (SSSR count). The van der Waals surface area contributed by atoms with Crippen molar-refractivity contribution in [3.8, 4) is 0 Å². The van der Waals surface area contributed by atoms with Gasteiger partial charge in [-0.05, 0) is 6.42 Å². The molecule has 0 bridgehead atoms. The Morgan fingerprint density at radius 2 is 2.62 bits per heavy atom. The van der Waals surface area contributed by atoms with Gasteiger partial charge in [-0.25, -0.2) is 5.32 Å². The molecule has 1 aliphatic heterocycles. The zero-order valence-electron chi connectivity index (χ0n) is 4.59. The highest BCUT2D eigenvalue weighted by Gasteiger charge is 2.19. The first-order chi connectivity index (χ1) is 3.84. The predicted molar refractivity (Wildman–Crippen MR) is 28.7 cm³/mol. The van der Waals surface area contributed by atoms with Gasteiger partial charge < -0.3 is 0 Å². The summed E-state index contributed by atoms with van der Waals surface area (Å²) in [6, 6.07) is -0.227. The number of carbonyl (C=O) groups excluding carboxylic acids is 1. The molecule has 0 aromatic carbocycles. The topological polar surface area (TPSA) is 43.5 Å². The van der Waals surface area contributed by atoms with Crippen LogP contribution in [0.25, 0.3) is 0 Å². The maximum Gasteiger partial charge on any atom is 0.272 e. The molecule has 0 saturated heterocycles. The maximum absolute atomic E-state index is 10.5. The molecule has 3 heteroatoms. The molecule has 2 radical (unpaired) electrons. The van der Waals surface area contributed by atoms with E-state index in [2.05, 4.69) is 16.6 Å². The third-order valence-electron chi connectivity index (χ3n) is 1.05. The predicted octanol–water partition coefficient (Wildman–Crippen LogP) is -0.185. The Balaban J connectivity index is 2.51. The molecule has 3 nitrogen and oxygen atoms in total. The SMILES string of the molecule is CCC1[N][C]=NC1=O. The van der Waals surface area contributed by atoms with Gasteiger partial charge in [-0.1, -0.05) is 6.92 Å². The Hall–Kier alpha value is -0.860. The van der Waals surface area contributed by atoms with Crippen LogP contribution in [0, 0.1) is 0 Å². The van der Waals surface area contributed by atoms with Gasteiger partial charge in [-0.2, -0.15) is 4.99 Å². The number of hydrogen-bond acceptors (Lipinski definition) is 1. The summed E-state index contributed by atoms with van der Waals surface area (Å²) in [7, 11) is 0. The van der Waals surface area contributed by atoms with E-state index in [0.717, 1.165) is 6.42 Å². The zero-order valence-corrected chi connectivity index (χ0v) is 4.59. The summed E-state index contributed by atoms with van der Waals surface area (Å²) in [4.78, 5) is 13.8. The summed E-state index contributed by atoms with van der Waals surface area (Å²) in [5, 5.41) is 3.67. The minimum absolute atomic E-state index is 0.160. The van der Waals surface area contributed by atoms with Gasteiger partial charge in [0.15, 0.2) is 6.34 Å². The van der Waals surface area contributed by atoms with E-state index < -0.39 is 0 Å². The second kappa shape index (κ2) is 1.94. The third-order valence-corrected chi connectivity index (χ3v) is 1.05. The highest BCUT2D eigenvalue weighted by molar-refractivity contribution is 5.94. The third kappa shape index (κ3) is 0.710. The molecule has 8 heavy (non-hydrogen) atoms. The molecule has 1 heterocycles. The first-order valence-electron chi connectivity index (χ1n) is 2.54. The van der Waals surface area contributed by atoms with Crippen LogP contribution in [0.15, 0.2) is 4.99 Å². The number of nitrogens with zero attached hydrogens (tertiary/aromatic N) is 2. The number of hydrogen-bond donors (Lipinski definition) is 0. The van der Waals surface area contributed by atoms with E-state index in [9.17, 15) is 4.79 Å². The number of rotatable bonds is 1. The van der Waals surface area contributed by atoms with Crippen LogP contribution in [-0.2, 0) is 4.79 Å². The van der Waals surface area contributed by atoms with Crippen LogP contribution in [0.4, 0.5) is 0 Å². The van der Waals surface area contributed by atoms with Crippen molar-refractivity contribution < 1.29 is 4.79 Å². The maximum atomic E-state index is 10.5. The summed E-state index contributed by atoms with van der Waals surface area (Å²) in [6.45, 7) is 1.90. The highest BCUT2D eigenvalue weighted by Crippen LogP contribution is 1.98. The molecule has 42 valence electrons. The van der Waals surface area contributed by atoms with E-state index in [1.807, 2.05) is 6.92 Å². The average molecular weight is 110 g/mol. The van der Waals surface area contributed by atoms with E-state index in [1.54, 1.807) is 0 Å². The van der Waals surface area contributed by atoms with Gasteiger partial charge in [0.1, 0.15) is 6.04 Å². The van der Waals surface area contributed by atoms with Crippen LogP contribution in [0.3, 0.4) is 0 Å². The lowest BCUT2D eigenvalue weighted by Crippen LogP contribution is -2.21. The molecule has 0 saturated carbocycles. The van der Waals surface area contributed by atoms with Crippen LogP contribution in [0.2, 0.25) is 0 Å². The summed E-state index contributed by atoms with van der Waals surface area (Å²) < 4.78 is 0. The smallest absolute Gasteiger partial charge is 0.270 e. The molecule has 1 unspecified atom stereocenters. The second-order valence-electron chi connectivity index (χ2n) is 1.60. The van der Waals surface area contributed by atoms with E-state index in [0.29, 0.717) is 0 Å². The average Bonchev–Trinajstić information content (AvgIpc) is 2.14. The fourth-order valence-corrected chi connectivity index (χ4v) is 0.543. The van der Waals surface area contributed by atoms with Crippen molar-refractivity contribution in [2.24, 2.45) is 4.99 Å². The van der Waals surface area contributed by atoms with Crippen molar-refractivity contribution in [2.45, 2.75) is 19.4 Å². The van der Waals surface area contributed by atoms with Crippen molar-refractivity contribution in [1.82, 2.24) is 5.32 Å². The Morgan fingerprint density at radius 1 is 1.88 bits per heavy atom. The summed E-state index contributed by atoms with van der Waals surface area (Å²) in [6.07, 6.45) is 3.00. The number of carbonyl (C=O) groups is 1. The van der Waals surface area contributed by atoms with Crippen molar-refractivity contribution in [3.05, 3.63) is 0 Å². The molecule has 1 aliphatic rings. The van der Waals surface area contributed by atoms with E-state index in [4.69, 9.17) is 0 Å². The normalized spacial score (nSPS) is 26.1. The molecule has 0 spiro atoms. The van der Waals surface area contributed by atoms with Crippen LogP contribution in [-0.4, -0.2) is 18.3 Å². The molecule has 0 aromatic heterocycles. The Kier molecular flexibility index (Phi) is 1.28. The molecular weight excluding hydrogens is 104 g/mol. The molecule has 0 aromatic rings. The van der Waals surface area contributed by atoms with Gasteiger partial charge in [0.2, 0.25) is 0 Å². The first-order valence-corrected chi connectivity index (χ1v) is 2.54. The van der Waals surface area contributed by atoms with E-state index in [1.165, 1.54) is 0 Å². The molecule has 0 fully saturated rings. The fraction of sp³-hybridized carbons (Fsp3) is 0.600. The van der Waals surface area contributed by atoms with Crippen molar-refractivity contribution in [1.29, 1.82) is 0 Å². The number of amides is 1. The minimum Gasteiger partial charge on any atom is -0.270 e. The lowest BCUT2D eigenvalue weighted by atomic mass is 10.2. The Labute approximate surface area is 47.8 Å². The van der Waals surface area contributed by atoms with Crippen LogP contribution < -0.4 is 5.32 Å². The van der Waals surface area contributed by atoms with Crippen molar-refractivity contribution >= 4 is 12.2 Å². The fourth-order valence-electron chi connectivity index (χ4n) is 0.543. The van der Waals surface area contributed by atoms with Crippen LogP contribution >= 0.6 is 0 Å². The molecule has 0 N–H and O–H groups in total. The molecular formula is C5H6N2O. The van der Waals surface area contributed by atoms with Crippen LogP contribution in [0.5, 0.6) is 0 Å². The van der Waals surface area contributed by atoms with Gasteiger partial charge in [-0.3, -0.25) is 4.79 Å². The van der Waals surface area contributed by atoms with Gasteiger partial charge >= 0.3 is 0 Å². The van der Waals surface area contributed by atoms with Gasteiger partial charge in [0, 0.05) is 0 Å². The molecule has 0 aliphatic carbocycles. The Bertz CT molecular complexity index is 130. The van der Waals surface area contributed by atoms with E-state index in [-0.39, 0.29) is 11.9 Å². The Morgan fingerprint density at radius 3 is 2.88 bits per heavy atom. The zero-order chi connectivity index (χ0) is 5.98. The lowest BCUT2D eigenvalue weighted by molar-refractivity contribution is -0.118. The largest absolute Gasteiger partial charge is 0.272 e. The van der Waals surface area contributed by atoms with E-state index >= 15 is 0 Å². The van der Waals surface area contributed by atoms with Crippen molar-refractivity contribution in [2.75, 3.05) is 0 Å². The van der Waals surface area contributed by atoms with Gasteiger partial charge in [0.05, 0.1) is 0 Å².